The van der Waals surface area contributed by atoms with Crippen LogP contribution in [0, 0.1) is 0 Å². The van der Waals surface area contributed by atoms with Crippen LogP contribution in [0.2, 0.25) is 0 Å². The van der Waals surface area contributed by atoms with E-state index in [1.54, 1.807) is 6.33 Å². The lowest BCUT2D eigenvalue weighted by molar-refractivity contribution is 0.543. The average molecular weight is 321 g/mol. The maximum Gasteiger partial charge on any atom is 0.172 e. The van der Waals surface area contributed by atoms with Crippen LogP contribution in [-0.4, -0.2) is 30.2 Å². The first-order chi connectivity index (χ1) is 11.3. The molecule has 0 unspecified atom stereocenters. The van der Waals surface area contributed by atoms with Gasteiger partial charge in [-0.25, -0.2) is 4.98 Å². The number of anilines is 2. The topological polar surface area (TPSA) is 35.2 Å². The van der Waals surface area contributed by atoms with E-state index in [9.17, 15) is 0 Å². The number of fused-ring (bicyclic) bond motifs is 1. The molecule has 0 spiro atoms. The molecule has 132 valence electrons. The van der Waals surface area contributed by atoms with E-state index in [0.29, 0.717) is 0 Å². The zero-order valence-corrected chi connectivity index (χ0v) is 15.3. The van der Waals surface area contributed by atoms with Crippen LogP contribution in [-0.2, 0) is 0 Å². The Morgan fingerprint density at radius 1 is 0.913 bits per heavy atom. The van der Waals surface area contributed by atoms with E-state index in [2.05, 4.69) is 33.7 Å². The van der Waals surface area contributed by atoms with Gasteiger partial charge in [-0.2, -0.15) is 0 Å². The molecule has 1 aliphatic heterocycles. The summed E-state index contributed by atoms with van der Waals surface area (Å²) in [6.07, 6.45) is 18.7. The fourth-order valence-corrected chi connectivity index (χ4v) is 3.51. The Balaban J connectivity index is 1.39. The van der Waals surface area contributed by atoms with Gasteiger partial charge in [-0.15, -0.1) is 0 Å². The van der Waals surface area contributed by atoms with Gasteiger partial charge in [-0.05, 0) is 6.42 Å². The summed E-state index contributed by atoms with van der Waals surface area (Å²) in [6.45, 7) is 4.42. The second-order valence-electron chi connectivity index (χ2n) is 7.07. The third-order valence-electron chi connectivity index (χ3n) is 4.94. The van der Waals surface area contributed by atoms with Crippen molar-refractivity contribution in [2.24, 2.45) is 0 Å². The number of nitrogens with one attached hydrogen (secondary N) is 1. The molecular formula is C19H36N4. The molecule has 23 heavy (non-hydrogen) atoms. The summed E-state index contributed by atoms with van der Waals surface area (Å²) in [5.41, 5.74) is 0. The van der Waals surface area contributed by atoms with Gasteiger partial charge in [0.05, 0.1) is 13.0 Å². The van der Waals surface area contributed by atoms with Crippen LogP contribution in [0.4, 0.5) is 11.6 Å². The van der Waals surface area contributed by atoms with Crippen LogP contribution >= 0.6 is 0 Å². The molecule has 2 heterocycles. The van der Waals surface area contributed by atoms with Crippen LogP contribution < -0.4 is 9.80 Å². The van der Waals surface area contributed by atoms with E-state index in [0.717, 1.165) is 19.0 Å². The van der Waals surface area contributed by atoms with E-state index in [-0.39, 0.29) is 0 Å². The monoisotopic (exact) mass is 320 g/mol. The Labute approximate surface area is 142 Å². The van der Waals surface area contributed by atoms with Gasteiger partial charge in [0, 0.05) is 13.6 Å². The minimum absolute atomic E-state index is 0.979. The minimum Gasteiger partial charge on any atom is -0.339 e. The van der Waals surface area contributed by atoms with Gasteiger partial charge in [-0.3, -0.25) is 0 Å². The zero-order chi connectivity index (χ0) is 16.3. The molecule has 0 saturated carbocycles. The van der Waals surface area contributed by atoms with Crippen molar-refractivity contribution >= 4 is 11.6 Å². The van der Waals surface area contributed by atoms with E-state index in [1.807, 2.05) is 0 Å². The number of imidazole rings is 1. The number of rotatable bonds is 13. The van der Waals surface area contributed by atoms with Crippen molar-refractivity contribution in [3.63, 3.8) is 0 Å². The first-order valence-corrected chi connectivity index (χ1v) is 9.82. The van der Waals surface area contributed by atoms with E-state index in [1.165, 1.54) is 82.9 Å². The predicted molar refractivity (Wildman–Crippen MR) is 100 cm³/mol. The van der Waals surface area contributed by atoms with Crippen LogP contribution in [0.5, 0.6) is 0 Å². The van der Waals surface area contributed by atoms with Crippen molar-refractivity contribution in [1.29, 1.82) is 0 Å². The SMILES string of the molecule is CCCCCCCCCCCCCCN1CN(C)c2nc[nH]c21. The molecule has 4 nitrogen and oxygen atoms in total. The van der Waals surface area contributed by atoms with Gasteiger partial charge < -0.3 is 14.8 Å². The predicted octanol–water partition coefficient (Wildman–Crippen LogP) is 5.32. The fourth-order valence-electron chi connectivity index (χ4n) is 3.51. The summed E-state index contributed by atoms with van der Waals surface area (Å²) in [6, 6.07) is 0. The van der Waals surface area contributed by atoms with Gasteiger partial charge in [0.1, 0.15) is 0 Å². The Morgan fingerprint density at radius 3 is 2.09 bits per heavy atom. The van der Waals surface area contributed by atoms with E-state index in [4.69, 9.17) is 0 Å². The van der Waals surface area contributed by atoms with Gasteiger partial charge >= 0.3 is 0 Å². The molecular weight excluding hydrogens is 284 g/mol. The highest BCUT2D eigenvalue weighted by atomic mass is 15.4. The third kappa shape index (κ3) is 6.08. The number of unbranched alkanes of at least 4 members (excludes halogenated alkanes) is 11. The van der Waals surface area contributed by atoms with E-state index >= 15 is 0 Å². The molecule has 0 bridgehead atoms. The lowest BCUT2D eigenvalue weighted by Gasteiger charge is -2.18. The first kappa shape index (κ1) is 18.2. The number of aromatic nitrogens is 2. The average Bonchev–Trinajstić information content (AvgIpc) is 3.13. The number of hydrogen-bond donors (Lipinski definition) is 1. The molecule has 0 aliphatic carbocycles. The number of aromatic amines is 1. The lowest BCUT2D eigenvalue weighted by atomic mass is 10.1. The van der Waals surface area contributed by atoms with Crippen molar-refractivity contribution in [2.75, 3.05) is 30.1 Å². The highest BCUT2D eigenvalue weighted by molar-refractivity contribution is 5.67. The molecule has 0 radical (unpaired) electrons. The standard InChI is InChI=1S/C19H36N4/c1-3-4-5-6-7-8-9-10-11-12-13-14-15-23-17-22(2)18-19(23)21-16-20-18/h16H,3-15,17H2,1-2H3,(H,20,21). The second kappa shape index (κ2) is 10.6. The third-order valence-corrected chi connectivity index (χ3v) is 4.94. The van der Waals surface area contributed by atoms with Crippen molar-refractivity contribution < 1.29 is 0 Å². The molecule has 1 N–H and O–H groups in total. The maximum atomic E-state index is 4.37. The summed E-state index contributed by atoms with van der Waals surface area (Å²) in [5.74, 6) is 2.31. The van der Waals surface area contributed by atoms with Gasteiger partial charge in [0.25, 0.3) is 0 Å². The molecule has 0 atom stereocenters. The maximum absolute atomic E-state index is 4.37. The molecule has 2 rings (SSSR count). The smallest absolute Gasteiger partial charge is 0.172 e. The van der Waals surface area contributed by atoms with Gasteiger partial charge in [-0.1, -0.05) is 77.6 Å². The Morgan fingerprint density at radius 2 is 1.48 bits per heavy atom. The number of H-pyrrole nitrogens is 1. The summed E-state index contributed by atoms with van der Waals surface area (Å²) in [4.78, 5) is 12.3. The summed E-state index contributed by atoms with van der Waals surface area (Å²) in [5, 5.41) is 0. The minimum atomic E-state index is 0.979. The van der Waals surface area contributed by atoms with Gasteiger partial charge in [0.15, 0.2) is 11.6 Å². The molecule has 4 heteroatoms. The Kier molecular flexibility index (Phi) is 8.33. The van der Waals surface area contributed by atoms with Crippen molar-refractivity contribution in [2.45, 2.75) is 84.0 Å². The van der Waals surface area contributed by atoms with Crippen LogP contribution in [0.1, 0.15) is 84.0 Å². The van der Waals surface area contributed by atoms with Crippen LogP contribution in [0.25, 0.3) is 0 Å². The zero-order valence-electron chi connectivity index (χ0n) is 15.3. The highest BCUT2D eigenvalue weighted by Gasteiger charge is 2.24. The molecule has 1 aromatic heterocycles. The molecule has 0 saturated heterocycles. The van der Waals surface area contributed by atoms with E-state index < -0.39 is 0 Å². The number of nitrogens with zero attached hydrogens (tertiary/aromatic N) is 3. The van der Waals surface area contributed by atoms with Crippen LogP contribution in [0.3, 0.4) is 0 Å². The van der Waals surface area contributed by atoms with Crippen LogP contribution in [0.15, 0.2) is 6.33 Å². The molecule has 0 aromatic carbocycles. The molecule has 1 aliphatic rings. The summed E-state index contributed by atoms with van der Waals surface area (Å²) < 4.78 is 0. The van der Waals surface area contributed by atoms with Crippen molar-refractivity contribution in [3.8, 4) is 0 Å². The lowest BCUT2D eigenvalue weighted by Crippen LogP contribution is -2.29. The largest absolute Gasteiger partial charge is 0.339 e. The normalized spacial score (nSPS) is 13.8. The van der Waals surface area contributed by atoms with Crippen molar-refractivity contribution in [1.82, 2.24) is 9.97 Å². The van der Waals surface area contributed by atoms with Gasteiger partial charge in [0.2, 0.25) is 0 Å². The van der Waals surface area contributed by atoms with Crippen molar-refractivity contribution in [3.05, 3.63) is 6.33 Å². The second-order valence-corrected chi connectivity index (χ2v) is 7.07. The first-order valence-electron chi connectivity index (χ1n) is 9.82. The molecule has 0 fully saturated rings. The Bertz CT molecular complexity index is 415. The number of hydrogen-bond acceptors (Lipinski definition) is 3. The highest BCUT2D eigenvalue weighted by Crippen LogP contribution is 2.30. The summed E-state index contributed by atoms with van der Waals surface area (Å²) in [7, 11) is 2.11. The molecule has 0 amide bonds. The molecule has 1 aromatic rings. The Hall–Kier alpha value is -1.19. The fraction of sp³-hybridized carbons (Fsp3) is 0.842. The summed E-state index contributed by atoms with van der Waals surface area (Å²) >= 11 is 0. The quantitative estimate of drug-likeness (QED) is 0.499.